The predicted molar refractivity (Wildman–Crippen MR) is 100 cm³/mol. The van der Waals surface area contributed by atoms with Crippen molar-refractivity contribution in [3.05, 3.63) is 83.4 Å². The standard InChI is InChI=1S/C21H18N4O2/c1-13-2-3-17-15(10-13)11-18(27-17)21(26)25-9-6-16-19(24-12-23-16)20(25)14-4-7-22-8-5-14/h2-5,7-8,10-12,20H,6,9H2,1H3,(H,23,24). The Kier molecular flexibility index (Phi) is 3.57. The molecule has 0 aliphatic carbocycles. The van der Waals surface area contributed by atoms with Crippen LogP contribution in [0.15, 0.2) is 59.5 Å². The van der Waals surface area contributed by atoms with Crippen molar-refractivity contribution >= 4 is 16.9 Å². The zero-order valence-corrected chi connectivity index (χ0v) is 14.8. The Bertz CT molecular complexity index is 1130. The van der Waals surface area contributed by atoms with Gasteiger partial charge in [0.05, 0.1) is 12.0 Å². The minimum Gasteiger partial charge on any atom is -0.451 e. The van der Waals surface area contributed by atoms with Gasteiger partial charge in [-0.05, 0) is 42.8 Å². The number of H-pyrrole nitrogens is 1. The van der Waals surface area contributed by atoms with Gasteiger partial charge in [-0.15, -0.1) is 0 Å². The third kappa shape index (κ3) is 2.61. The molecule has 27 heavy (non-hydrogen) atoms. The number of hydrogen-bond donors (Lipinski definition) is 1. The van der Waals surface area contributed by atoms with Gasteiger partial charge >= 0.3 is 0 Å². The molecule has 3 aromatic heterocycles. The van der Waals surface area contributed by atoms with E-state index in [0.717, 1.165) is 39.9 Å². The molecule has 1 unspecified atom stereocenters. The quantitative estimate of drug-likeness (QED) is 0.593. The largest absolute Gasteiger partial charge is 0.451 e. The second-order valence-electron chi connectivity index (χ2n) is 6.85. The normalized spacial score (nSPS) is 16.5. The number of benzene rings is 1. The van der Waals surface area contributed by atoms with E-state index in [-0.39, 0.29) is 11.9 Å². The summed E-state index contributed by atoms with van der Waals surface area (Å²) < 4.78 is 5.86. The number of nitrogens with zero attached hydrogens (tertiary/aromatic N) is 3. The lowest BCUT2D eigenvalue weighted by Gasteiger charge is -2.34. The maximum absolute atomic E-state index is 13.3. The van der Waals surface area contributed by atoms with Gasteiger partial charge in [-0.2, -0.15) is 0 Å². The van der Waals surface area contributed by atoms with Gasteiger partial charge in [0.15, 0.2) is 5.76 Å². The molecule has 1 atom stereocenters. The van der Waals surface area contributed by atoms with Crippen LogP contribution in [0.25, 0.3) is 11.0 Å². The molecule has 1 aliphatic heterocycles. The van der Waals surface area contributed by atoms with E-state index in [4.69, 9.17) is 4.42 Å². The Labute approximate surface area is 155 Å². The smallest absolute Gasteiger partial charge is 0.290 e. The number of furan rings is 1. The van der Waals surface area contributed by atoms with Gasteiger partial charge in [-0.3, -0.25) is 9.78 Å². The predicted octanol–water partition coefficient (Wildman–Crippen LogP) is 3.65. The van der Waals surface area contributed by atoms with E-state index in [1.165, 1.54) is 0 Å². The van der Waals surface area contributed by atoms with E-state index in [1.54, 1.807) is 18.7 Å². The number of hydrogen-bond acceptors (Lipinski definition) is 4. The highest BCUT2D eigenvalue weighted by Crippen LogP contribution is 2.34. The summed E-state index contributed by atoms with van der Waals surface area (Å²) in [6, 6.07) is 11.3. The molecule has 5 rings (SSSR count). The highest BCUT2D eigenvalue weighted by atomic mass is 16.3. The second kappa shape index (κ2) is 6.09. The summed E-state index contributed by atoms with van der Waals surface area (Å²) in [5.74, 6) is 0.230. The van der Waals surface area contributed by atoms with Crippen LogP contribution >= 0.6 is 0 Å². The molecule has 0 bridgehead atoms. The van der Waals surface area contributed by atoms with Crippen molar-refractivity contribution in [3.63, 3.8) is 0 Å². The Hall–Kier alpha value is -3.41. The van der Waals surface area contributed by atoms with Crippen LogP contribution in [0.3, 0.4) is 0 Å². The number of aromatic nitrogens is 3. The first-order valence-electron chi connectivity index (χ1n) is 8.94. The molecule has 0 radical (unpaired) electrons. The van der Waals surface area contributed by atoms with Gasteiger partial charge in [-0.1, -0.05) is 11.6 Å². The fourth-order valence-corrected chi connectivity index (χ4v) is 3.79. The summed E-state index contributed by atoms with van der Waals surface area (Å²) in [6.07, 6.45) is 5.91. The van der Waals surface area contributed by atoms with Crippen molar-refractivity contribution in [1.82, 2.24) is 19.9 Å². The summed E-state index contributed by atoms with van der Waals surface area (Å²) in [6.45, 7) is 2.62. The molecular weight excluding hydrogens is 340 g/mol. The molecule has 6 heteroatoms. The Morgan fingerprint density at radius 2 is 2.07 bits per heavy atom. The van der Waals surface area contributed by atoms with Crippen LogP contribution in [0, 0.1) is 6.92 Å². The summed E-state index contributed by atoms with van der Waals surface area (Å²) in [5, 5.41) is 0.941. The molecular formula is C21H18N4O2. The van der Waals surface area contributed by atoms with E-state index in [9.17, 15) is 4.79 Å². The van der Waals surface area contributed by atoms with Crippen LogP contribution in [-0.2, 0) is 6.42 Å². The Morgan fingerprint density at radius 3 is 2.93 bits per heavy atom. The van der Waals surface area contributed by atoms with Crippen molar-refractivity contribution in [2.24, 2.45) is 0 Å². The van der Waals surface area contributed by atoms with Crippen molar-refractivity contribution in [3.8, 4) is 0 Å². The number of rotatable bonds is 2. The zero-order valence-electron chi connectivity index (χ0n) is 14.8. The second-order valence-corrected chi connectivity index (χ2v) is 6.85. The Balaban J connectivity index is 1.58. The van der Waals surface area contributed by atoms with Crippen molar-refractivity contribution in [1.29, 1.82) is 0 Å². The summed E-state index contributed by atoms with van der Waals surface area (Å²) in [5.41, 5.74) is 4.80. The number of fused-ring (bicyclic) bond motifs is 2. The minimum atomic E-state index is -0.259. The fraction of sp³-hybridized carbons (Fsp3) is 0.190. The van der Waals surface area contributed by atoms with E-state index in [0.29, 0.717) is 12.3 Å². The van der Waals surface area contributed by atoms with Gasteiger partial charge in [0, 0.05) is 36.4 Å². The number of aryl methyl sites for hydroxylation is 1. The topological polar surface area (TPSA) is 75.0 Å². The summed E-state index contributed by atoms with van der Waals surface area (Å²) in [4.78, 5) is 27.0. The van der Waals surface area contributed by atoms with Crippen LogP contribution in [-0.4, -0.2) is 32.3 Å². The van der Waals surface area contributed by atoms with Crippen molar-refractivity contribution in [2.45, 2.75) is 19.4 Å². The van der Waals surface area contributed by atoms with E-state index >= 15 is 0 Å². The highest BCUT2D eigenvalue weighted by Gasteiger charge is 2.35. The number of nitrogens with one attached hydrogen (secondary N) is 1. The molecule has 6 nitrogen and oxygen atoms in total. The number of carbonyl (C=O) groups excluding carboxylic acids is 1. The first kappa shape index (κ1) is 15.8. The van der Waals surface area contributed by atoms with Gasteiger partial charge in [0.2, 0.25) is 0 Å². The highest BCUT2D eigenvalue weighted by molar-refractivity contribution is 5.96. The number of carbonyl (C=O) groups is 1. The zero-order chi connectivity index (χ0) is 18.4. The molecule has 1 amide bonds. The lowest BCUT2D eigenvalue weighted by Crippen LogP contribution is -2.40. The maximum Gasteiger partial charge on any atom is 0.290 e. The maximum atomic E-state index is 13.3. The van der Waals surface area contributed by atoms with Gasteiger partial charge < -0.3 is 14.3 Å². The summed E-state index contributed by atoms with van der Waals surface area (Å²) in [7, 11) is 0. The monoisotopic (exact) mass is 358 g/mol. The molecule has 0 fully saturated rings. The van der Waals surface area contributed by atoms with E-state index in [1.807, 2.05) is 48.2 Å². The molecule has 0 saturated carbocycles. The molecule has 4 heterocycles. The van der Waals surface area contributed by atoms with E-state index < -0.39 is 0 Å². The van der Waals surface area contributed by atoms with Crippen molar-refractivity contribution in [2.75, 3.05) is 6.54 Å². The van der Waals surface area contributed by atoms with Crippen LogP contribution < -0.4 is 0 Å². The summed E-state index contributed by atoms with van der Waals surface area (Å²) >= 11 is 0. The average Bonchev–Trinajstić information content (AvgIpc) is 3.33. The third-order valence-electron chi connectivity index (χ3n) is 5.09. The molecule has 134 valence electrons. The van der Waals surface area contributed by atoms with Gasteiger partial charge in [-0.25, -0.2) is 4.98 Å². The Morgan fingerprint density at radius 1 is 1.22 bits per heavy atom. The SMILES string of the molecule is Cc1ccc2oc(C(=O)N3CCc4[nH]cnc4C3c3ccncc3)cc2c1. The van der Waals surface area contributed by atoms with Crippen LogP contribution in [0.2, 0.25) is 0 Å². The molecule has 4 aromatic rings. The minimum absolute atomic E-state index is 0.126. The van der Waals surface area contributed by atoms with E-state index in [2.05, 4.69) is 15.0 Å². The van der Waals surface area contributed by atoms with Crippen molar-refractivity contribution < 1.29 is 9.21 Å². The molecule has 1 aliphatic rings. The first-order valence-corrected chi connectivity index (χ1v) is 8.94. The molecule has 0 saturated heterocycles. The number of aromatic amines is 1. The van der Waals surface area contributed by atoms with Crippen LogP contribution in [0.5, 0.6) is 0 Å². The van der Waals surface area contributed by atoms with Crippen LogP contribution in [0.1, 0.15) is 39.1 Å². The third-order valence-corrected chi connectivity index (χ3v) is 5.09. The van der Waals surface area contributed by atoms with Crippen LogP contribution in [0.4, 0.5) is 0 Å². The number of pyridine rings is 1. The molecule has 0 spiro atoms. The lowest BCUT2D eigenvalue weighted by molar-refractivity contribution is 0.0660. The first-order chi connectivity index (χ1) is 13.2. The van der Waals surface area contributed by atoms with Gasteiger partial charge in [0.25, 0.3) is 5.91 Å². The lowest BCUT2D eigenvalue weighted by atomic mass is 9.96. The van der Waals surface area contributed by atoms with Gasteiger partial charge in [0.1, 0.15) is 11.6 Å². The number of imidazole rings is 1. The molecule has 1 N–H and O–H groups in total. The molecule has 1 aromatic carbocycles. The fourth-order valence-electron chi connectivity index (χ4n) is 3.79. The average molecular weight is 358 g/mol. The number of amides is 1.